The number of carbonyl (C=O) groups is 2. The van der Waals surface area contributed by atoms with Crippen LogP contribution in [-0.4, -0.2) is 30.5 Å². The van der Waals surface area contributed by atoms with Crippen LogP contribution in [0, 0.1) is 0 Å². The van der Waals surface area contributed by atoms with E-state index in [9.17, 15) is 9.59 Å². The predicted octanol–water partition coefficient (Wildman–Crippen LogP) is 4.88. The largest absolute Gasteiger partial charge is 0.461 e. The first-order valence-corrected chi connectivity index (χ1v) is 11.4. The van der Waals surface area contributed by atoms with E-state index >= 15 is 0 Å². The van der Waals surface area contributed by atoms with Gasteiger partial charge in [-0.1, -0.05) is 52.3 Å². The molecule has 0 unspecified atom stereocenters. The topological polar surface area (TPSA) is 52.6 Å². The van der Waals surface area contributed by atoms with Crippen LogP contribution in [0.1, 0.15) is 10.4 Å². The maximum absolute atomic E-state index is 12.2. The average molecular weight is 472 g/mol. The van der Waals surface area contributed by atoms with E-state index in [-0.39, 0.29) is 35.4 Å². The Balaban J connectivity index is 1.73. The summed E-state index contributed by atoms with van der Waals surface area (Å²) in [4.78, 5) is 26.8. The summed E-state index contributed by atoms with van der Waals surface area (Å²) in [6.45, 7) is 0.0669. The third-order valence-electron chi connectivity index (χ3n) is 3.97. The molecular weight excluding hydrogens is 452 g/mol. The van der Waals surface area contributed by atoms with E-state index in [0.717, 1.165) is 4.90 Å². The number of ether oxygens (including phenoxy) is 2. The van der Waals surface area contributed by atoms with Crippen molar-refractivity contribution in [2.75, 3.05) is 18.5 Å². The van der Waals surface area contributed by atoms with E-state index in [2.05, 4.69) is 40.2 Å². The van der Waals surface area contributed by atoms with Crippen molar-refractivity contribution in [1.29, 1.82) is 0 Å². The second kappa shape index (κ2) is 10.8. The lowest BCUT2D eigenvalue weighted by atomic mass is 10.2. The summed E-state index contributed by atoms with van der Waals surface area (Å²) in [6, 6.07) is 28.1. The van der Waals surface area contributed by atoms with Gasteiger partial charge >= 0.3 is 11.9 Å². The van der Waals surface area contributed by atoms with Crippen molar-refractivity contribution in [2.45, 2.75) is 14.7 Å². The van der Waals surface area contributed by atoms with Gasteiger partial charge in [0, 0.05) is 0 Å². The number of hydrogen-bond donors (Lipinski definition) is 0. The zero-order valence-electron chi connectivity index (χ0n) is 15.6. The van der Waals surface area contributed by atoms with Gasteiger partial charge in [-0.3, -0.25) is 4.79 Å². The highest BCUT2D eigenvalue weighted by atomic mass is 79.9. The molecule has 29 heavy (non-hydrogen) atoms. The number of alkyl halides is 1. The molecule has 0 fully saturated rings. The Kier molecular flexibility index (Phi) is 7.90. The first-order valence-electron chi connectivity index (χ1n) is 9.02. The number of rotatable bonds is 8. The molecule has 0 aromatic heterocycles. The van der Waals surface area contributed by atoms with E-state index in [1.165, 1.54) is 9.79 Å². The zero-order chi connectivity index (χ0) is 20.5. The third kappa shape index (κ3) is 5.95. The van der Waals surface area contributed by atoms with Crippen LogP contribution < -0.4 is 0 Å². The zero-order valence-corrected chi connectivity index (χ0v) is 18.0. The Bertz CT molecular complexity index is 891. The lowest BCUT2D eigenvalue weighted by Gasteiger charge is -2.09. The van der Waals surface area contributed by atoms with Gasteiger partial charge in [-0.25, -0.2) is 4.79 Å². The van der Waals surface area contributed by atoms with Crippen LogP contribution in [0.5, 0.6) is 0 Å². The van der Waals surface area contributed by atoms with Crippen LogP contribution in [0.15, 0.2) is 99.6 Å². The smallest absolute Gasteiger partial charge is 0.338 e. The maximum Gasteiger partial charge on any atom is 0.338 e. The number of esters is 2. The fraction of sp³-hybridized carbons (Fsp3) is 0.130. The summed E-state index contributed by atoms with van der Waals surface area (Å²) in [5.41, 5.74) is 0.463. The molecule has 0 spiro atoms. The molecule has 0 aliphatic carbocycles. The Morgan fingerprint density at radius 1 is 0.690 bits per heavy atom. The van der Waals surface area contributed by atoms with E-state index in [0.29, 0.717) is 5.56 Å². The van der Waals surface area contributed by atoms with Crippen molar-refractivity contribution < 1.29 is 19.1 Å². The minimum absolute atomic E-state index is 0.0255. The molecule has 4 nitrogen and oxygen atoms in total. The molecule has 0 aliphatic rings. The van der Waals surface area contributed by atoms with Gasteiger partial charge in [0.15, 0.2) is 14.7 Å². The van der Waals surface area contributed by atoms with Crippen molar-refractivity contribution in [2.24, 2.45) is 0 Å². The van der Waals surface area contributed by atoms with E-state index in [1.807, 2.05) is 48.5 Å². The molecule has 3 rings (SSSR count). The summed E-state index contributed by atoms with van der Waals surface area (Å²) < 4.78 is 10.0. The Morgan fingerprint density at radius 3 is 1.69 bits per heavy atom. The fourth-order valence-electron chi connectivity index (χ4n) is 2.66. The summed E-state index contributed by atoms with van der Waals surface area (Å²) in [5, 5.41) is 0.118. The maximum atomic E-state index is 12.2. The van der Waals surface area contributed by atoms with Gasteiger partial charge in [-0.2, -0.15) is 0 Å². The molecule has 0 aliphatic heterocycles. The second-order valence-corrected chi connectivity index (χ2v) is 8.53. The van der Waals surface area contributed by atoms with Crippen molar-refractivity contribution in [3.05, 3.63) is 90.5 Å². The number of benzene rings is 3. The molecule has 0 bridgehead atoms. The molecule has 6 heteroatoms. The highest BCUT2D eigenvalue weighted by molar-refractivity contribution is 9.09. The van der Waals surface area contributed by atoms with E-state index in [4.69, 9.17) is 9.47 Å². The first-order chi connectivity index (χ1) is 14.2. The highest BCUT2D eigenvalue weighted by Gasteiger charge is 2.28. The predicted molar refractivity (Wildman–Crippen MR) is 117 cm³/mol. The molecule has 0 amide bonds. The highest BCUT2D eigenvalue weighted by Crippen LogP contribution is 2.31. The van der Waals surface area contributed by atoms with Crippen molar-refractivity contribution in [3.8, 4) is 0 Å². The number of halogens is 1. The third-order valence-corrected chi connectivity index (χ3v) is 6.66. The summed E-state index contributed by atoms with van der Waals surface area (Å²) in [6.07, 6.45) is 0. The van der Waals surface area contributed by atoms with Gasteiger partial charge in [0.1, 0.15) is 18.5 Å². The fourth-order valence-corrected chi connectivity index (χ4v) is 4.91. The Labute approximate surface area is 181 Å². The normalized spacial score (nSPS) is 10.6. The van der Waals surface area contributed by atoms with Crippen molar-refractivity contribution >= 4 is 38.8 Å². The summed E-state index contributed by atoms with van der Waals surface area (Å²) in [5.74, 6) is -0.829. The number of hydrogen-bond acceptors (Lipinski definition) is 4. The molecule has 0 atom stereocenters. The van der Waals surface area contributed by atoms with Crippen molar-refractivity contribution in [1.82, 2.24) is 0 Å². The van der Waals surface area contributed by atoms with Crippen LogP contribution in [0.3, 0.4) is 0 Å². The van der Waals surface area contributed by atoms with Gasteiger partial charge in [0.25, 0.3) is 0 Å². The molecule has 0 N–H and O–H groups in total. The quantitative estimate of drug-likeness (QED) is 0.203. The molecule has 0 saturated heterocycles. The number of carbonyl (C=O) groups excluding carboxylic acids is 2. The van der Waals surface area contributed by atoms with Gasteiger partial charge < -0.3 is 9.47 Å². The molecule has 3 aromatic rings. The minimum Gasteiger partial charge on any atom is -0.461 e. The SMILES string of the molecule is O=C(CBr)OCCOC(=O)c1ccc([S+](c2ccccc2)c2ccccc2)cc1. The molecule has 0 heterocycles. The van der Waals surface area contributed by atoms with Gasteiger partial charge in [0.2, 0.25) is 0 Å². The molecule has 0 radical (unpaired) electrons. The van der Waals surface area contributed by atoms with E-state index < -0.39 is 5.97 Å². The Morgan fingerprint density at radius 2 is 1.17 bits per heavy atom. The molecular formula is C23H20BrO4S+. The van der Waals surface area contributed by atoms with Gasteiger partial charge in [-0.05, 0) is 48.5 Å². The Hall–Kier alpha value is -2.57. The van der Waals surface area contributed by atoms with E-state index in [1.54, 1.807) is 12.1 Å². The van der Waals surface area contributed by atoms with Gasteiger partial charge in [-0.15, -0.1) is 0 Å². The van der Waals surface area contributed by atoms with Crippen LogP contribution in [0.2, 0.25) is 0 Å². The lowest BCUT2D eigenvalue weighted by molar-refractivity contribution is -0.141. The average Bonchev–Trinajstić information content (AvgIpc) is 2.78. The first kappa shape index (κ1) is 21.1. The minimum atomic E-state index is -0.439. The van der Waals surface area contributed by atoms with Crippen molar-refractivity contribution in [3.63, 3.8) is 0 Å². The van der Waals surface area contributed by atoms with Crippen LogP contribution in [0.25, 0.3) is 0 Å². The standard InChI is InChI=1S/C23H20BrO4S/c24-17-22(25)27-15-16-28-23(26)18-11-13-21(14-12-18)29(19-7-3-1-4-8-19)20-9-5-2-6-10-20/h1-14H,15-17H2/q+1. The second-order valence-electron chi connectivity index (χ2n) is 5.95. The summed E-state index contributed by atoms with van der Waals surface area (Å²) in [7, 11) is -0.263. The molecule has 3 aromatic carbocycles. The monoisotopic (exact) mass is 471 g/mol. The molecule has 0 saturated carbocycles. The lowest BCUT2D eigenvalue weighted by Crippen LogP contribution is -2.14. The summed E-state index contributed by atoms with van der Waals surface area (Å²) >= 11 is 3.00. The van der Waals surface area contributed by atoms with Crippen LogP contribution in [-0.2, 0) is 25.2 Å². The molecule has 148 valence electrons. The van der Waals surface area contributed by atoms with Crippen LogP contribution >= 0.6 is 15.9 Å². The van der Waals surface area contributed by atoms with Crippen LogP contribution in [0.4, 0.5) is 0 Å². The van der Waals surface area contributed by atoms with Gasteiger partial charge in [0.05, 0.1) is 16.5 Å².